The lowest BCUT2D eigenvalue weighted by Gasteiger charge is -2.33. The summed E-state index contributed by atoms with van der Waals surface area (Å²) < 4.78 is 5.11. The summed E-state index contributed by atoms with van der Waals surface area (Å²) >= 11 is 0. The van der Waals surface area contributed by atoms with Crippen LogP contribution in [0.3, 0.4) is 0 Å². The number of furan rings is 1. The molecule has 0 bridgehead atoms. The molecule has 0 saturated heterocycles. The Bertz CT molecular complexity index is 416. The molecule has 5 nitrogen and oxygen atoms in total. The molecule has 1 aromatic rings. The highest BCUT2D eigenvalue weighted by molar-refractivity contribution is 5.17. The van der Waals surface area contributed by atoms with Gasteiger partial charge in [0.2, 0.25) is 0 Å². The molecule has 1 heterocycles. The normalized spacial score (nSPS) is 12.7. The van der Waals surface area contributed by atoms with Crippen LogP contribution >= 0.6 is 0 Å². The Morgan fingerprint density at radius 1 is 1.28 bits per heavy atom. The van der Waals surface area contributed by atoms with Crippen molar-refractivity contribution in [1.82, 2.24) is 5.32 Å². The molecule has 0 saturated carbocycles. The van der Waals surface area contributed by atoms with Gasteiger partial charge in [-0.05, 0) is 31.7 Å². The third-order valence-corrected chi connectivity index (χ3v) is 2.54. The summed E-state index contributed by atoms with van der Waals surface area (Å²) in [4.78, 5) is 9.97. The lowest BCUT2D eigenvalue weighted by Crippen LogP contribution is -2.41. The van der Waals surface area contributed by atoms with E-state index in [0.717, 1.165) is 6.42 Å². The molecule has 0 aliphatic heterocycles. The average molecular weight is 254 g/mol. The highest BCUT2D eigenvalue weighted by Gasteiger charge is 2.25. The second-order valence-electron chi connectivity index (χ2n) is 6.47. The topological polar surface area (TPSA) is 68.3 Å². The van der Waals surface area contributed by atoms with E-state index in [0.29, 0.717) is 12.3 Å². The fourth-order valence-electron chi connectivity index (χ4n) is 2.27. The Morgan fingerprint density at radius 3 is 2.33 bits per heavy atom. The summed E-state index contributed by atoms with van der Waals surface area (Å²) in [6, 6.07) is 3.02. The smallest absolute Gasteiger partial charge is 0.404 e. The molecular formula is C13H22N2O3. The summed E-state index contributed by atoms with van der Waals surface area (Å²) in [6.45, 7) is 11.3. The van der Waals surface area contributed by atoms with Crippen molar-refractivity contribution in [1.29, 1.82) is 0 Å². The van der Waals surface area contributed by atoms with E-state index in [1.807, 2.05) is 0 Å². The SMILES string of the molecule is CC(C)(C)CC(C)(C)NCc1ccc([N+](=O)[O-])o1. The molecule has 18 heavy (non-hydrogen) atoms. The number of nitro groups is 1. The summed E-state index contributed by atoms with van der Waals surface area (Å²) in [5, 5.41) is 13.9. The maximum Gasteiger partial charge on any atom is 0.433 e. The van der Waals surface area contributed by atoms with Gasteiger partial charge in [0.25, 0.3) is 0 Å². The molecule has 0 radical (unpaired) electrons. The van der Waals surface area contributed by atoms with Crippen LogP contribution < -0.4 is 5.32 Å². The molecule has 0 unspecified atom stereocenters. The maximum absolute atomic E-state index is 10.5. The Balaban J connectivity index is 2.56. The second kappa shape index (κ2) is 5.10. The lowest BCUT2D eigenvalue weighted by molar-refractivity contribution is -0.402. The van der Waals surface area contributed by atoms with Gasteiger partial charge in [-0.2, -0.15) is 0 Å². The first-order chi connectivity index (χ1) is 8.09. The number of nitrogens with zero attached hydrogens (tertiary/aromatic N) is 1. The van der Waals surface area contributed by atoms with E-state index >= 15 is 0 Å². The number of hydrogen-bond donors (Lipinski definition) is 1. The summed E-state index contributed by atoms with van der Waals surface area (Å²) in [5.41, 5.74) is 0.186. The number of nitrogens with one attached hydrogen (secondary N) is 1. The molecule has 0 aliphatic carbocycles. The van der Waals surface area contributed by atoms with Crippen LogP contribution in [0, 0.1) is 15.5 Å². The minimum absolute atomic E-state index is 0.0418. The van der Waals surface area contributed by atoms with Crippen LogP contribution in [-0.4, -0.2) is 10.5 Å². The van der Waals surface area contributed by atoms with E-state index < -0.39 is 4.92 Å². The van der Waals surface area contributed by atoms with Crippen molar-refractivity contribution in [2.24, 2.45) is 5.41 Å². The van der Waals surface area contributed by atoms with Crippen LogP contribution in [0.4, 0.5) is 5.88 Å². The summed E-state index contributed by atoms with van der Waals surface area (Å²) in [5.74, 6) is 0.379. The quantitative estimate of drug-likeness (QED) is 0.645. The van der Waals surface area contributed by atoms with Gasteiger partial charge in [0, 0.05) is 5.54 Å². The van der Waals surface area contributed by atoms with E-state index in [-0.39, 0.29) is 16.8 Å². The predicted octanol–water partition coefficient (Wildman–Crippen LogP) is 3.49. The zero-order chi connectivity index (χ0) is 14.0. The third-order valence-electron chi connectivity index (χ3n) is 2.54. The molecule has 1 aromatic heterocycles. The standard InChI is InChI=1S/C13H22N2O3/c1-12(2,3)9-13(4,5)14-8-10-6-7-11(18-10)15(16)17/h6-7,14H,8-9H2,1-5H3. The molecule has 5 heteroatoms. The van der Waals surface area contributed by atoms with Gasteiger partial charge >= 0.3 is 5.88 Å². The van der Waals surface area contributed by atoms with E-state index in [2.05, 4.69) is 39.9 Å². The highest BCUT2D eigenvalue weighted by Crippen LogP contribution is 2.27. The van der Waals surface area contributed by atoms with Crippen molar-refractivity contribution in [3.63, 3.8) is 0 Å². The Labute approximate surface area is 108 Å². The van der Waals surface area contributed by atoms with E-state index in [1.165, 1.54) is 6.07 Å². The summed E-state index contributed by atoms with van der Waals surface area (Å²) in [6.07, 6.45) is 1.00. The molecule has 0 amide bonds. The maximum atomic E-state index is 10.5. The third kappa shape index (κ3) is 4.87. The van der Waals surface area contributed by atoms with E-state index in [1.54, 1.807) is 6.07 Å². The van der Waals surface area contributed by atoms with Gasteiger partial charge in [-0.1, -0.05) is 20.8 Å². The van der Waals surface area contributed by atoms with Gasteiger partial charge in [0.1, 0.15) is 10.7 Å². The Hall–Kier alpha value is -1.36. The van der Waals surface area contributed by atoms with Crippen molar-refractivity contribution in [3.05, 3.63) is 28.0 Å². The molecule has 0 aromatic carbocycles. The van der Waals surface area contributed by atoms with Crippen molar-refractivity contribution >= 4 is 5.88 Å². The van der Waals surface area contributed by atoms with Gasteiger partial charge in [0.15, 0.2) is 0 Å². The largest absolute Gasteiger partial charge is 0.433 e. The molecule has 1 rings (SSSR count). The molecule has 0 spiro atoms. The average Bonchev–Trinajstić information content (AvgIpc) is 2.59. The van der Waals surface area contributed by atoms with Crippen molar-refractivity contribution in [2.45, 2.75) is 53.1 Å². The summed E-state index contributed by atoms with van der Waals surface area (Å²) in [7, 11) is 0. The van der Waals surface area contributed by atoms with Gasteiger partial charge < -0.3 is 9.73 Å². The van der Waals surface area contributed by atoms with Gasteiger partial charge in [-0.15, -0.1) is 0 Å². The fraction of sp³-hybridized carbons (Fsp3) is 0.692. The van der Waals surface area contributed by atoms with Gasteiger partial charge in [-0.3, -0.25) is 10.1 Å². The lowest BCUT2D eigenvalue weighted by atomic mass is 9.82. The first-order valence-electron chi connectivity index (χ1n) is 6.07. The van der Waals surface area contributed by atoms with Crippen LogP contribution in [0.2, 0.25) is 0 Å². The van der Waals surface area contributed by atoms with Crippen molar-refractivity contribution < 1.29 is 9.34 Å². The van der Waals surface area contributed by atoms with Crippen LogP contribution in [0.25, 0.3) is 0 Å². The molecular weight excluding hydrogens is 232 g/mol. The number of hydrogen-bond acceptors (Lipinski definition) is 4. The van der Waals surface area contributed by atoms with Crippen LogP contribution in [0.5, 0.6) is 0 Å². The van der Waals surface area contributed by atoms with Gasteiger partial charge in [0.05, 0.1) is 12.6 Å². The molecule has 102 valence electrons. The Morgan fingerprint density at radius 2 is 1.89 bits per heavy atom. The first-order valence-corrected chi connectivity index (χ1v) is 6.07. The molecule has 0 aliphatic rings. The minimum Gasteiger partial charge on any atom is -0.404 e. The fourth-order valence-corrected chi connectivity index (χ4v) is 2.27. The number of rotatable bonds is 5. The predicted molar refractivity (Wildman–Crippen MR) is 70.4 cm³/mol. The van der Waals surface area contributed by atoms with Crippen LogP contribution in [0.15, 0.2) is 16.5 Å². The minimum atomic E-state index is -0.524. The first kappa shape index (κ1) is 14.7. The molecule has 0 atom stereocenters. The van der Waals surface area contributed by atoms with Crippen molar-refractivity contribution in [2.75, 3.05) is 0 Å². The van der Waals surface area contributed by atoms with E-state index in [4.69, 9.17) is 4.42 Å². The van der Waals surface area contributed by atoms with Crippen LogP contribution in [0.1, 0.15) is 46.8 Å². The Kier molecular flexibility index (Phi) is 4.16. The van der Waals surface area contributed by atoms with Crippen LogP contribution in [-0.2, 0) is 6.54 Å². The van der Waals surface area contributed by atoms with Crippen molar-refractivity contribution in [3.8, 4) is 0 Å². The van der Waals surface area contributed by atoms with Gasteiger partial charge in [-0.25, -0.2) is 0 Å². The highest BCUT2D eigenvalue weighted by atomic mass is 16.6. The zero-order valence-electron chi connectivity index (χ0n) is 11.7. The molecule has 1 N–H and O–H groups in total. The monoisotopic (exact) mass is 254 g/mol. The zero-order valence-corrected chi connectivity index (χ0v) is 11.7. The molecule has 0 fully saturated rings. The second-order valence-corrected chi connectivity index (χ2v) is 6.47. The van der Waals surface area contributed by atoms with E-state index in [9.17, 15) is 10.1 Å².